The van der Waals surface area contributed by atoms with E-state index < -0.39 is 27.3 Å². The Kier molecular flexibility index (Phi) is 4.78. The zero-order valence-corrected chi connectivity index (χ0v) is 16.8. The second-order valence-electron chi connectivity index (χ2n) is 6.92. The number of hydrogen-bond acceptors (Lipinski definition) is 4. The Bertz CT molecular complexity index is 1100. The van der Waals surface area contributed by atoms with E-state index in [-0.39, 0.29) is 21.9 Å². The molecule has 2 aromatic carbocycles. The molecule has 11 heteroatoms. The van der Waals surface area contributed by atoms with Gasteiger partial charge in [-0.25, -0.2) is 22.0 Å². The van der Waals surface area contributed by atoms with E-state index >= 15 is 0 Å². The van der Waals surface area contributed by atoms with Gasteiger partial charge in [0.1, 0.15) is 5.69 Å². The molecule has 2 amide bonds. The van der Waals surface area contributed by atoms with Crippen molar-refractivity contribution in [3.63, 3.8) is 0 Å². The summed E-state index contributed by atoms with van der Waals surface area (Å²) < 4.78 is 56.0. The molecule has 0 saturated carbocycles. The van der Waals surface area contributed by atoms with Gasteiger partial charge >= 0.3 is 6.03 Å². The molecule has 0 radical (unpaired) electrons. The average molecular weight is 443 g/mol. The Hall–Kier alpha value is -2.59. The van der Waals surface area contributed by atoms with E-state index in [1.54, 1.807) is 0 Å². The Morgan fingerprint density at radius 3 is 2.48 bits per heavy atom. The fourth-order valence-corrected chi connectivity index (χ4v) is 4.79. The summed E-state index contributed by atoms with van der Waals surface area (Å²) in [6.45, 7) is 3.29. The van der Waals surface area contributed by atoms with Crippen LogP contribution in [-0.4, -0.2) is 34.1 Å². The highest BCUT2D eigenvalue weighted by molar-refractivity contribution is 7.92. The summed E-state index contributed by atoms with van der Waals surface area (Å²) in [5, 5.41) is 5.68. The van der Waals surface area contributed by atoms with E-state index in [2.05, 4.69) is 10.6 Å². The summed E-state index contributed by atoms with van der Waals surface area (Å²) in [7, 11) is -4.34. The molecule has 2 heterocycles. The van der Waals surface area contributed by atoms with E-state index in [0.717, 1.165) is 12.1 Å². The predicted octanol–water partition coefficient (Wildman–Crippen LogP) is 3.48. The van der Waals surface area contributed by atoms with Crippen LogP contribution in [-0.2, 0) is 10.0 Å². The van der Waals surface area contributed by atoms with Gasteiger partial charge in [0, 0.05) is 30.6 Å². The maximum Gasteiger partial charge on any atom is 0.322 e. The van der Waals surface area contributed by atoms with Crippen LogP contribution < -0.4 is 20.3 Å². The molecule has 154 valence electrons. The molecule has 7 nitrogen and oxygen atoms in total. The van der Waals surface area contributed by atoms with E-state index in [1.807, 2.05) is 11.6 Å². The van der Waals surface area contributed by atoms with Crippen molar-refractivity contribution in [2.75, 3.05) is 34.6 Å². The number of sulfonamides is 1. The highest BCUT2D eigenvalue weighted by Crippen LogP contribution is 2.42. The van der Waals surface area contributed by atoms with Gasteiger partial charge in [0.25, 0.3) is 10.0 Å². The molecule has 0 spiro atoms. The Balaban J connectivity index is 1.80. The number of nitrogens with zero attached hydrogens (tertiary/aromatic N) is 1. The molecule has 0 bridgehead atoms. The van der Waals surface area contributed by atoms with Gasteiger partial charge in [0.05, 0.1) is 16.3 Å². The van der Waals surface area contributed by atoms with Crippen molar-refractivity contribution < 1.29 is 22.0 Å². The Labute approximate surface area is 171 Å². The Morgan fingerprint density at radius 2 is 1.86 bits per heavy atom. The zero-order valence-electron chi connectivity index (χ0n) is 15.2. The number of nitrogens with one attached hydrogen (secondary N) is 3. The molecule has 3 N–H and O–H groups in total. The van der Waals surface area contributed by atoms with Crippen molar-refractivity contribution in [3.8, 4) is 0 Å². The van der Waals surface area contributed by atoms with Crippen LogP contribution in [0.4, 0.5) is 30.6 Å². The predicted molar refractivity (Wildman–Crippen MR) is 106 cm³/mol. The molecule has 0 unspecified atom stereocenters. The number of urea groups is 1. The highest BCUT2D eigenvalue weighted by Gasteiger charge is 2.32. The second kappa shape index (κ2) is 7.03. The number of hydrogen-bond donors (Lipinski definition) is 3. The van der Waals surface area contributed by atoms with Gasteiger partial charge in [-0.1, -0.05) is 18.5 Å². The summed E-state index contributed by atoms with van der Waals surface area (Å²) in [5.41, 5.74) is 0.970. The number of rotatable bonds is 4. The zero-order chi connectivity index (χ0) is 20.9. The van der Waals surface area contributed by atoms with E-state index in [0.29, 0.717) is 36.6 Å². The molecule has 1 atom stereocenters. The standard InChI is InChI=1S/C18H17ClF2N4O3S/c1-9-8-23-16-12(9)6-11(7-15(16)25-3-2-22-18(25)26)29(27,28)24-17-13(20)4-10(19)5-14(17)21/h4-7,9,23-24H,2-3,8H2,1H3,(H,22,26)/t9-/m1/s1. The quantitative estimate of drug-likeness (QED) is 0.676. The molecule has 2 aliphatic heterocycles. The van der Waals surface area contributed by atoms with Crippen molar-refractivity contribution >= 4 is 44.7 Å². The van der Waals surface area contributed by atoms with Crippen molar-refractivity contribution in [2.45, 2.75) is 17.7 Å². The molecule has 4 rings (SSSR count). The SMILES string of the molecule is C[C@@H]1CNc2c1cc(S(=O)(=O)Nc1c(F)cc(Cl)cc1F)cc2N1CCNC1=O. The summed E-state index contributed by atoms with van der Waals surface area (Å²) in [4.78, 5) is 13.4. The van der Waals surface area contributed by atoms with Gasteiger partial charge in [-0.2, -0.15) is 0 Å². The number of amides is 2. The minimum Gasteiger partial charge on any atom is -0.383 e. The van der Waals surface area contributed by atoms with Crippen molar-refractivity contribution in [2.24, 2.45) is 0 Å². The maximum atomic E-state index is 14.1. The van der Waals surface area contributed by atoms with Gasteiger partial charge in [-0.3, -0.25) is 9.62 Å². The number of halogens is 3. The molecule has 0 aromatic heterocycles. The molecule has 1 saturated heterocycles. The molecule has 29 heavy (non-hydrogen) atoms. The van der Waals surface area contributed by atoms with Gasteiger partial charge in [0.2, 0.25) is 0 Å². The van der Waals surface area contributed by atoms with Crippen molar-refractivity contribution in [1.82, 2.24) is 5.32 Å². The van der Waals surface area contributed by atoms with Gasteiger partial charge < -0.3 is 10.6 Å². The first-order valence-corrected chi connectivity index (χ1v) is 10.7. The average Bonchev–Trinajstić information content (AvgIpc) is 3.23. The normalized spacial score (nSPS) is 18.4. The van der Waals surface area contributed by atoms with Crippen molar-refractivity contribution in [1.29, 1.82) is 0 Å². The maximum absolute atomic E-state index is 14.1. The summed E-state index contributed by atoms with van der Waals surface area (Å²) in [6.07, 6.45) is 0. The van der Waals surface area contributed by atoms with Crippen LogP contribution in [0.25, 0.3) is 0 Å². The largest absolute Gasteiger partial charge is 0.383 e. The second-order valence-corrected chi connectivity index (χ2v) is 9.04. The summed E-state index contributed by atoms with van der Waals surface area (Å²) in [6, 6.07) is 4.06. The lowest BCUT2D eigenvalue weighted by molar-refractivity contribution is 0.252. The number of carbonyl (C=O) groups is 1. The first-order chi connectivity index (χ1) is 13.7. The number of fused-ring (bicyclic) bond motifs is 1. The van der Waals surface area contributed by atoms with Crippen molar-refractivity contribution in [3.05, 3.63) is 46.5 Å². The third-order valence-corrected chi connectivity index (χ3v) is 6.49. The first-order valence-electron chi connectivity index (χ1n) is 8.82. The molecule has 2 aliphatic rings. The summed E-state index contributed by atoms with van der Waals surface area (Å²) >= 11 is 5.59. The molecular formula is C18H17ClF2N4O3S. The minimum absolute atomic E-state index is 0.00596. The smallest absolute Gasteiger partial charge is 0.322 e. The lowest BCUT2D eigenvalue weighted by Gasteiger charge is -2.20. The minimum atomic E-state index is -4.34. The lowest BCUT2D eigenvalue weighted by Crippen LogP contribution is -2.28. The fourth-order valence-electron chi connectivity index (χ4n) is 3.47. The fraction of sp³-hybridized carbons (Fsp3) is 0.278. The van der Waals surface area contributed by atoms with Crippen LogP contribution in [0, 0.1) is 11.6 Å². The molecule has 0 aliphatic carbocycles. The third kappa shape index (κ3) is 3.46. The third-order valence-electron chi connectivity index (χ3n) is 4.94. The van der Waals surface area contributed by atoms with Gasteiger partial charge in [-0.05, 0) is 29.8 Å². The number of carbonyl (C=O) groups excluding carboxylic acids is 1. The van der Waals surface area contributed by atoms with E-state index in [4.69, 9.17) is 11.6 Å². The number of benzene rings is 2. The Morgan fingerprint density at radius 1 is 1.17 bits per heavy atom. The van der Waals surface area contributed by atoms with Crippen LogP contribution in [0.5, 0.6) is 0 Å². The van der Waals surface area contributed by atoms with E-state index in [9.17, 15) is 22.0 Å². The van der Waals surface area contributed by atoms with Crippen LogP contribution in [0.2, 0.25) is 5.02 Å². The van der Waals surface area contributed by atoms with Gasteiger partial charge in [-0.15, -0.1) is 0 Å². The summed E-state index contributed by atoms with van der Waals surface area (Å²) in [5.74, 6) is -2.27. The molecular weight excluding hydrogens is 426 g/mol. The number of anilines is 3. The molecule has 1 fully saturated rings. The van der Waals surface area contributed by atoms with Gasteiger partial charge in [0.15, 0.2) is 11.6 Å². The highest BCUT2D eigenvalue weighted by atomic mass is 35.5. The van der Waals surface area contributed by atoms with Crippen LogP contribution in [0.1, 0.15) is 18.4 Å². The topological polar surface area (TPSA) is 90.5 Å². The monoisotopic (exact) mass is 442 g/mol. The lowest BCUT2D eigenvalue weighted by atomic mass is 10.0. The van der Waals surface area contributed by atoms with Crippen LogP contribution in [0.15, 0.2) is 29.2 Å². The van der Waals surface area contributed by atoms with E-state index in [1.165, 1.54) is 17.0 Å². The molecule has 2 aromatic rings. The van der Waals surface area contributed by atoms with Crippen LogP contribution in [0.3, 0.4) is 0 Å². The first kappa shape index (κ1) is 19.7. The van der Waals surface area contributed by atoms with Crippen LogP contribution >= 0.6 is 11.6 Å².